The molecule has 1 aromatic carbocycles. The second-order valence-electron chi connectivity index (χ2n) is 5.25. The molecule has 0 amide bonds. The molecule has 0 aliphatic heterocycles. The van der Waals surface area contributed by atoms with E-state index in [0.717, 1.165) is 12.8 Å². The molecule has 0 bridgehead atoms. The van der Waals surface area contributed by atoms with Gasteiger partial charge in [-0.15, -0.1) is 0 Å². The number of nitrogens with one attached hydrogen (secondary N) is 1. The molecular formula is C15H20N2O2S. The van der Waals surface area contributed by atoms with Crippen LogP contribution in [-0.2, 0) is 9.84 Å². The van der Waals surface area contributed by atoms with Gasteiger partial charge in [-0.1, -0.05) is 25.3 Å². The summed E-state index contributed by atoms with van der Waals surface area (Å²) in [5.41, 5.74) is 0.381. The van der Waals surface area contributed by atoms with Crippen molar-refractivity contribution in [3.05, 3.63) is 29.8 Å². The average molecular weight is 292 g/mol. The normalized spacial score (nSPS) is 16.8. The van der Waals surface area contributed by atoms with Crippen LogP contribution in [0.25, 0.3) is 0 Å². The predicted octanol–water partition coefficient (Wildman–Crippen LogP) is 2.25. The van der Waals surface area contributed by atoms with E-state index in [1.807, 2.05) is 6.07 Å². The fraction of sp³-hybridized carbons (Fsp3) is 0.533. The minimum atomic E-state index is -3.31. The molecule has 1 N–H and O–H groups in total. The molecule has 5 heteroatoms. The van der Waals surface area contributed by atoms with Crippen LogP contribution in [-0.4, -0.2) is 26.8 Å². The Hall–Kier alpha value is -1.38. The molecule has 0 atom stereocenters. The molecule has 2 rings (SSSR count). The van der Waals surface area contributed by atoms with Gasteiger partial charge in [0, 0.05) is 12.6 Å². The van der Waals surface area contributed by atoms with Gasteiger partial charge in [0.25, 0.3) is 0 Å². The van der Waals surface area contributed by atoms with E-state index in [2.05, 4.69) is 5.32 Å². The van der Waals surface area contributed by atoms with Crippen molar-refractivity contribution >= 4 is 9.84 Å². The van der Waals surface area contributed by atoms with Gasteiger partial charge in [-0.05, 0) is 31.0 Å². The van der Waals surface area contributed by atoms with Crippen LogP contribution >= 0.6 is 0 Å². The molecule has 4 nitrogen and oxygen atoms in total. The number of hydrogen-bond donors (Lipinski definition) is 1. The third kappa shape index (κ3) is 4.06. The predicted molar refractivity (Wildman–Crippen MR) is 78.1 cm³/mol. The van der Waals surface area contributed by atoms with Gasteiger partial charge in [-0.25, -0.2) is 8.42 Å². The number of hydrogen-bond acceptors (Lipinski definition) is 4. The number of nitriles is 1. The highest BCUT2D eigenvalue weighted by molar-refractivity contribution is 7.91. The molecule has 20 heavy (non-hydrogen) atoms. The lowest BCUT2D eigenvalue weighted by molar-refractivity contribution is 0.380. The van der Waals surface area contributed by atoms with Crippen LogP contribution in [0.3, 0.4) is 0 Å². The van der Waals surface area contributed by atoms with Gasteiger partial charge in [0.05, 0.1) is 22.3 Å². The molecular weight excluding hydrogens is 272 g/mol. The summed E-state index contributed by atoms with van der Waals surface area (Å²) < 4.78 is 24.4. The van der Waals surface area contributed by atoms with Crippen LogP contribution < -0.4 is 5.32 Å². The molecule has 0 heterocycles. The van der Waals surface area contributed by atoms with Crippen molar-refractivity contribution in [2.24, 2.45) is 0 Å². The van der Waals surface area contributed by atoms with Gasteiger partial charge in [-0.2, -0.15) is 5.26 Å². The first kappa shape index (κ1) is 15.0. The number of rotatable bonds is 5. The number of nitrogens with zero attached hydrogens (tertiary/aromatic N) is 1. The van der Waals surface area contributed by atoms with E-state index in [1.54, 1.807) is 18.2 Å². The summed E-state index contributed by atoms with van der Waals surface area (Å²) in [5.74, 6) is 0.0817. The van der Waals surface area contributed by atoms with Gasteiger partial charge < -0.3 is 5.32 Å². The maximum absolute atomic E-state index is 12.2. The third-order valence-electron chi connectivity index (χ3n) is 3.73. The van der Waals surface area contributed by atoms with Crippen LogP contribution in [0.1, 0.15) is 37.7 Å². The zero-order chi connectivity index (χ0) is 14.4. The largest absolute Gasteiger partial charge is 0.313 e. The Kier molecular flexibility index (Phi) is 5.16. The summed E-state index contributed by atoms with van der Waals surface area (Å²) in [6, 6.07) is 8.64. The van der Waals surface area contributed by atoms with Gasteiger partial charge in [0.1, 0.15) is 0 Å². The minimum Gasteiger partial charge on any atom is -0.313 e. The third-order valence-corrected chi connectivity index (χ3v) is 5.44. The van der Waals surface area contributed by atoms with Crippen molar-refractivity contribution in [3.8, 4) is 6.07 Å². The molecule has 108 valence electrons. The van der Waals surface area contributed by atoms with Crippen molar-refractivity contribution in [2.75, 3.05) is 12.3 Å². The SMILES string of the molecule is N#Cc1cccc(S(=O)(=O)CCNC2CCCCC2)c1. The Labute approximate surface area is 120 Å². The molecule has 0 saturated heterocycles. The summed E-state index contributed by atoms with van der Waals surface area (Å²) in [7, 11) is -3.31. The highest BCUT2D eigenvalue weighted by Crippen LogP contribution is 2.17. The fourth-order valence-corrected chi connectivity index (χ4v) is 3.80. The van der Waals surface area contributed by atoms with E-state index < -0.39 is 9.84 Å². The van der Waals surface area contributed by atoms with Crippen LogP contribution in [0.5, 0.6) is 0 Å². The molecule has 1 aromatic rings. The number of sulfone groups is 1. The molecule has 1 aliphatic carbocycles. The Bertz CT molecular complexity index is 584. The lowest BCUT2D eigenvalue weighted by Gasteiger charge is -2.22. The van der Waals surface area contributed by atoms with Crippen LogP contribution in [0, 0.1) is 11.3 Å². The van der Waals surface area contributed by atoms with Crippen LogP contribution in [0.15, 0.2) is 29.2 Å². The molecule has 0 unspecified atom stereocenters. The van der Waals surface area contributed by atoms with Gasteiger partial charge in [0.2, 0.25) is 0 Å². The number of benzene rings is 1. The summed E-state index contributed by atoms with van der Waals surface area (Å²) in [6.07, 6.45) is 6.04. The second kappa shape index (κ2) is 6.87. The van der Waals surface area contributed by atoms with E-state index in [9.17, 15) is 8.42 Å². The van der Waals surface area contributed by atoms with Crippen molar-refractivity contribution in [1.29, 1.82) is 5.26 Å². The van der Waals surface area contributed by atoms with E-state index in [-0.39, 0.29) is 10.6 Å². The van der Waals surface area contributed by atoms with E-state index in [1.165, 1.54) is 25.3 Å². The zero-order valence-electron chi connectivity index (χ0n) is 11.5. The first-order valence-electron chi connectivity index (χ1n) is 7.08. The average Bonchev–Trinajstić information content (AvgIpc) is 2.48. The topological polar surface area (TPSA) is 70.0 Å². The smallest absolute Gasteiger partial charge is 0.179 e. The second-order valence-corrected chi connectivity index (χ2v) is 7.36. The van der Waals surface area contributed by atoms with Crippen molar-refractivity contribution < 1.29 is 8.42 Å². The monoisotopic (exact) mass is 292 g/mol. The van der Waals surface area contributed by atoms with E-state index in [4.69, 9.17) is 5.26 Å². The highest BCUT2D eigenvalue weighted by atomic mass is 32.2. The van der Waals surface area contributed by atoms with Crippen molar-refractivity contribution in [2.45, 2.75) is 43.0 Å². The molecule has 1 fully saturated rings. The van der Waals surface area contributed by atoms with Crippen LogP contribution in [0.4, 0.5) is 0 Å². The van der Waals surface area contributed by atoms with Crippen molar-refractivity contribution in [1.82, 2.24) is 5.32 Å². The van der Waals surface area contributed by atoms with E-state index in [0.29, 0.717) is 18.2 Å². The Morgan fingerprint density at radius 2 is 2.00 bits per heavy atom. The standard InChI is InChI=1S/C15H20N2O2S/c16-12-13-5-4-8-15(11-13)20(18,19)10-9-17-14-6-2-1-3-7-14/h4-5,8,11,14,17H,1-3,6-7,9-10H2. The maximum atomic E-state index is 12.2. The molecule has 0 spiro atoms. The van der Waals surface area contributed by atoms with Crippen LogP contribution in [0.2, 0.25) is 0 Å². The molecule has 0 radical (unpaired) electrons. The zero-order valence-corrected chi connectivity index (χ0v) is 12.3. The minimum absolute atomic E-state index is 0.0817. The fourth-order valence-electron chi connectivity index (χ4n) is 2.58. The Morgan fingerprint density at radius 3 is 2.70 bits per heavy atom. The summed E-state index contributed by atoms with van der Waals surface area (Å²) in [5, 5.41) is 12.1. The first-order chi connectivity index (χ1) is 9.62. The molecule has 0 aromatic heterocycles. The Morgan fingerprint density at radius 1 is 1.25 bits per heavy atom. The molecule has 1 saturated carbocycles. The van der Waals surface area contributed by atoms with Gasteiger partial charge in [0.15, 0.2) is 9.84 Å². The summed E-state index contributed by atoms with van der Waals surface area (Å²) >= 11 is 0. The lowest BCUT2D eigenvalue weighted by atomic mass is 9.96. The van der Waals surface area contributed by atoms with E-state index >= 15 is 0 Å². The molecule has 1 aliphatic rings. The maximum Gasteiger partial charge on any atom is 0.179 e. The van der Waals surface area contributed by atoms with Crippen molar-refractivity contribution in [3.63, 3.8) is 0 Å². The Balaban J connectivity index is 1.91. The summed E-state index contributed by atoms with van der Waals surface area (Å²) in [6.45, 7) is 0.476. The summed E-state index contributed by atoms with van der Waals surface area (Å²) in [4.78, 5) is 0.238. The first-order valence-corrected chi connectivity index (χ1v) is 8.73. The quantitative estimate of drug-likeness (QED) is 0.903. The van der Waals surface area contributed by atoms with Gasteiger partial charge >= 0.3 is 0 Å². The van der Waals surface area contributed by atoms with Gasteiger partial charge in [-0.3, -0.25) is 0 Å². The lowest BCUT2D eigenvalue weighted by Crippen LogP contribution is -2.34. The highest BCUT2D eigenvalue weighted by Gasteiger charge is 2.17.